The molecule has 0 amide bonds. The predicted octanol–water partition coefficient (Wildman–Crippen LogP) is 3.34. The molecule has 1 N–H and O–H groups in total. The first kappa shape index (κ1) is 15.5. The number of benzene rings is 1. The molecule has 0 saturated carbocycles. The van der Waals surface area contributed by atoms with Crippen LogP contribution in [0.1, 0.15) is 53.2 Å². The molecule has 112 valence electrons. The summed E-state index contributed by atoms with van der Waals surface area (Å²) in [5.74, 6) is -0.560. The van der Waals surface area contributed by atoms with Crippen LogP contribution in [-0.4, -0.2) is 15.6 Å². The molecular weight excluding hydrogens is 286 g/mol. The van der Waals surface area contributed by atoms with Gasteiger partial charge in [0.1, 0.15) is 4.88 Å². The number of rotatable bonds is 5. The van der Waals surface area contributed by atoms with Crippen LogP contribution in [0.4, 0.5) is 0 Å². The van der Waals surface area contributed by atoms with Gasteiger partial charge in [-0.25, -0.2) is 4.79 Å². The first-order valence-corrected chi connectivity index (χ1v) is 7.80. The van der Waals surface area contributed by atoms with Crippen LogP contribution in [0.25, 0.3) is 0 Å². The highest BCUT2D eigenvalue weighted by Gasteiger charge is 2.18. The predicted molar refractivity (Wildman–Crippen MR) is 84.5 cm³/mol. The standard InChI is InChI=1S/C16H19NO3S/c1-4-13-14(15(18)19)21-16(20)17(13)9-11-5-7-12(8-6-11)10(2)3/h5-8,10H,4,9H2,1-3H3,(H,18,19). The Balaban J connectivity index is 2.35. The molecular formula is C16H19NO3S. The van der Waals surface area contributed by atoms with E-state index in [1.165, 1.54) is 5.56 Å². The molecule has 5 heteroatoms. The summed E-state index contributed by atoms with van der Waals surface area (Å²) < 4.78 is 1.57. The Hall–Kier alpha value is -1.88. The lowest BCUT2D eigenvalue weighted by molar-refractivity contribution is 0.0700. The van der Waals surface area contributed by atoms with Gasteiger partial charge in [-0.3, -0.25) is 9.36 Å². The van der Waals surface area contributed by atoms with Crippen molar-refractivity contribution in [2.24, 2.45) is 0 Å². The van der Waals surface area contributed by atoms with Crippen molar-refractivity contribution in [1.29, 1.82) is 0 Å². The summed E-state index contributed by atoms with van der Waals surface area (Å²) in [6.07, 6.45) is 0.532. The Morgan fingerprint density at radius 2 is 1.90 bits per heavy atom. The van der Waals surface area contributed by atoms with E-state index in [0.29, 0.717) is 24.6 Å². The fourth-order valence-corrected chi connectivity index (χ4v) is 3.22. The van der Waals surface area contributed by atoms with Gasteiger partial charge in [0.05, 0.1) is 6.54 Å². The van der Waals surface area contributed by atoms with Crippen LogP contribution in [0.2, 0.25) is 0 Å². The molecule has 0 radical (unpaired) electrons. The Labute approximate surface area is 127 Å². The number of hydrogen-bond donors (Lipinski definition) is 1. The molecule has 0 aliphatic rings. The third-order valence-corrected chi connectivity index (χ3v) is 4.52. The van der Waals surface area contributed by atoms with Crippen LogP contribution >= 0.6 is 11.3 Å². The average Bonchev–Trinajstić information content (AvgIpc) is 2.76. The number of aromatic nitrogens is 1. The van der Waals surface area contributed by atoms with Gasteiger partial charge in [-0.2, -0.15) is 0 Å². The maximum absolute atomic E-state index is 12.0. The summed E-state index contributed by atoms with van der Waals surface area (Å²) >= 11 is 0.809. The number of carbonyl (C=O) groups is 1. The second-order valence-corrected chi connectivity index (χ2v) is 6.25. The quantitative estimate of drug-likeness (QED) is 0.921. The first-order valence-electron chi connectivity index (χ1n) is 6.98. The molecule has 2 aromatic rings. The van der Waals surface area contributed by atoms with Gasteiger partial charge in [-0.05, 0) is 23.5 Å². The monoisotopic (exact) mass is 305 g/mol. The zero-order valence-electron chi connectivity index (χ0n) is 12.4. The summed E-state index contributed by atoms with van der Waals surface area (Å²) in [5, 5.41) is 9.16. The van der Waals surface area contributed by atoms with Gasteiger partial charge in [0.25, 0.3) is 0 Å². The summed E-state index contributed by atoms with van der Waals surface area (Å²) in [6, 6.07) is 8.11. The van der Waals surface area contributed by atoms with Crippen LogP contribution in [0.15, 0.2) is 29.1 Å². The van der Waals surface area contributed by atoms with Crippen LogP contribution in [0, 0.1) is 0 Å². The van der Waals surface area contributed by atoms with Crippen molar-refractivity contribution < 1.29 is 9.90 Å². The van der Waals surface area contributed by atoms with Crippen molar-refractivity contribution >= 4 is 17.3 Å². The lowest BCUT2D eigenvalue weighted by Gasteiger charge is -2.09. The summed E-state index contributed by atoms with van der Waals surface area (Å²) in [6.45, 7) is 6.55. The molecule has 1 heterocycles. The van der Waals surface area contributed by atoms with Crippen molar-refractivity contribution in [2.75, 3.05) is 0 Å². The molecule has 0 unspecified atom stereocenters. The molecule has 0 aliphatic heterocycles. The van der Waals surface area contributed by atoms with Gasteiger partial charge in [0, 0.05) is 5.69 Å². The van der Waals surface area contributed by atoms with Gasteiger partial charge in [-0.15, -0.1) is 0 Å². The molecule has 0 fully saturated rings. The number of carboxylic acids is 1. The highest BCUT2D eigenvalue weighted by molar-refractivity contribution is 7.11. The van der Waals surface area contributed by atoms with Crippen LogP contribution in [0.3, 0.4) is 0 Å². The molecule has 4 nitrogen and oxygen atoms in total. The summed E-state index contributed by atoms with van der Waals surface area (Å²) in [5.41, 5.74) is 2.86. The number of hydrogen-bond acceptors (Lipinski definition) is 3. The normalized spacial score (nSPS) is 11.0. The maximum Gasteiger partial charge on any atom is 0.347 e. The van der Waals surface area contributed by atoms with Crippen LogP contribution in [-0.2, 0) is 13.0 Å². The second kappa shape index (κ2) is 6.26. The second-order valence-electron chi connectivity index (χ2n) is 5.28. The van der Waals surface area contributed by atoms with Crippen molar-refractivity contribution in [2.45, 2.75) is 39.7 Å². The minimum absolute atomic E-state index is 0.154. The molecule has 0 atom stereocenters. The fourth-order valence-electron chi connectivity index (χ4n) is 2.30. The number of aromatic carboxylic acids is 1. The lowest BCUT2D eigenvalue weighted by Crippen LogP contribution is -2.17. The average molecular weight is 305 g/mol. The molecule has 0 aliphatic carbocycles. The van der Waals surface area contributed by atoms with E-state index in [1.54, 1.807) is 4.57 Å². The van der Waals surface area contributed by atoms with E-state index in [2.05, 4.69) is 26.0 Å². The Bertz CT molecular complexity index is 695. The van der Waals surface area contributed by atoms with Gasteiger partial charge >= 0.3 is 10.8 Å². The topological polar surface area (TPSA) is 59.3 Å². The highest BCUT2D eigenvalue weighted by Crippen LogP contribution is 2.18. The largest absolute Gasteiger partial charge is 0.477 e. The maximum atomic E-state index is 12.0. The van der Waals surface area contributed by atoms with E-state index >= 15 is 0 Å². The summed E-state index contributed by atoms with van der Waals surface area (Å²) in [7, 11) is 0. The smallest absolute Gasteiger partial charge is 0.347 e. The van der Waals surface area contributed by atoms with E-state index in [0.717, 1.165) is 16.9 Å². The third-order valence-electron chi connectivity index (χ3n) is 3.51. The zero-order chi connectivity index (χ0) is 15.6. The number of thiazole rings is 1. The molecule has 1 aromatic carbocycles. The number of carboxylic acid groups (broad SMARTS) is 1. The summed E-state index contributed by atoms with van der Waals surface area (Å²) in [4.78, 5) is 23.1. The van der Waals surface area contributed by atoms with Crippen LogP contribution in [0.5, 0.6) is 0 Å². The molecule has 2 rings (SSSR count). The fraction of sp³-hybridized carbons (Fsp3) is 0.375. The lowest BCUT2D eigenvalue weighted by atomic mass is 10.0. The minimum atomic E-state index is -1.03. The molecule has 0 bridgehead atoms. The van der Waals surface area contributed by atoms with Gasteiger partial charge in [0.15, 0.2) is 0 Å². The van der Waals surface area contributed by atoms with E-state index in [4.69, 9.17) is 5.11 Å². The number of nitrogens with zero attached hydrogens (tertiary/aromatic N) is 1. The van der Waals surface area contributed by atoms with Crippen molar-refractivity contribution in [3.8, 4) is 0 Å². The van der Waals surface area contributed by atoms with E-state index in [1.807, 2.05) is 19.1 Å². The van der Waals surface area contributed by atoms with Gasteiger partial charge in [-0.1, -0.05) is 56.4 Å². The van der Waals surface area contributed by atoms with E-state index in [-0.39, 0.29) is 9.75 Å². The highest BCUT2D eigenvalue weighted by atomic mass is 32.1. The van der Waals surface area contributed by atoms with Gasteiger partial charge < -0.3 is 5.11 Å². The Morgan fingerprint density at radius 3 is 2.38 bits per heavy atom. The first-order chi connectivity index (χ1) is 9.93. The van der Waals surface area contributed by atoms with Gasteiger partial charge in [0.2, 0.25) is 0 Å². The molecule has 1 aromatic heterocycles. The SMILES string of the molecule is CCc1c(C(=O)O)sc(=O)n1Cc1ccc(C(C)C)cc1. The third kappa shape index (κ3) is 3.24. The Kier molecular flexibility index (Phi) is 4.63. The zero-order valence-corrected chi connectivity index (χ0v) is 13.2. The van der Waals surface area contributed by atoms with Crippen LogP contribution < -0.4 is 4.87 Å². The minimum Gasteiger partial charge on any atom is -0.477 e. The van der Waals surface area contributed by atoms with E-state index < -0.39 is 5.97 Å². The van der Waals surface area contributed by atoms with E-state index in [9.17, 15) is 9.59 Å². The molecule has 0 spiro atoms. The van der Waals surface area contributed by atoms with Crippen molar-refractivity contribution in [3.63, 3.8) is 0 Å². The van der Waals surface area contributed by atoms with Crippen molar-refractivity contribution in [1.82, 2.24) is 4.57 Å². The molecule has 21 heavy (non-hydrogen) atoms. The molecule has 0 saturated heterocycles. The van der Waals surface area contributed by atoms with Crippen molar-refractivity contribution in [3.05, 3.63) is 55.6 Å². The Morgan fingerprint density at radius 1 is 1.29 bits per heavy atom.